The number of fused-ring (bicyclic) bond motifs is 3. The van der Waals surface area contributed by atoms with Gasteiger partial charge in [0.1, 0.15) is 5.75 Å². The Morgan fingerprint density at radius 2 is 1.88 bits per heavy atom. The minimum atomic E-state index is 0.225. The second-order valence-electron chi connectivity index (χ2n) is 7.27. The zero-order valence-electron chi connectivity index (χ0n) is 15.0. The van der Waals surface area contributed by atoms with E-state index in [-0.39, 0.29) is 6.04 Å². The number of methoxy groups -OCH3 is 1. The first-order chi connectivity index (χ1) is 12.8. The van der Waals surface area contributed by atoms with Crippen LogP contribution in [0.4, 0.5) is 0 Å². The van der Waals surface area contributed by atoms with Crippen LogP contribution in [0.5, 0.6) is 5.75 Å². The molecular formula is C22H23N3O. The van der Waals surface area contributed by atoms with Gasteiger partial charge in [0.2, 0.25) is 0 Å². The summed E-state index contributed by atoms with van der Waals surface area (Å²) < 4.78 is 5.25. The molecule has 0 bridgehead atoms. The van der Waals surface area contributed by atoms with Gasteiger partial charge in [0.05, 0.1) is 18.9 Å². The average Bonchev–Trinajstić information content (AvgIpc) is 3.32. The molecule has 4 nitrogen and oxygen atoms in total. The molecule has 132 valence electrons. The molecule has 1 unspecified atom stereocenters. The van der Waals surface area contributed by atoms with Crippen molar-refractivity contribution in [2.75, 3.05) is 7.11 Å². The Kier molecular flexibility index (Phi) is 3.70. The van der Waals surface area contributed by atoms with Gasteiger partial charge < -0.3 is 15.1 Å². The highest BCUT2D eigenvalue weighted by Gasteiger charge is 2.22. The van der Waals surface area contributed by atoms with E-state index in [1.165, 1.54) is 59.0 Å². The van der Waals surface area contributed by atoms with E-state index in [9.17, 15) is 0 Å². The second kappa shape index (κ2) is 6.20. The number of aromatic amines is 1. The first-order valence-corrected chi connectivity index (χ1v) is 9.42. The van der Waals surface area contributed by atoms with Crippen molar-refractivity contribution < 1.29 is 4.74 Å². The van der Waals surface area contributed by atoms with Gasteiger partial charge in [-0.05, 0) is 60.6 Å². The number of ether oxygens (including phenoxy) is 1. The van der Waals surface area contributed by atoms with Crippen molar-refractivity contribution in [3.05, 3.63) is 64.8 Å². The Morgan fingerprint density at radius 1 is 1.04 bits per heavy atom. The van der Waals surface area contributed by atoms with Crippen molar-refractivity contribution in [1.29, 1.82) is 0 Å². The lowest BCUT2D eigenvalue weighted by molar-refractivity contribution is 0.414. The summed E-state index contributed by atoms with van der Waals surface area (Å²) in [5.74, 6) is 0.883. The number of aromatic nitrogens is 1. The van der Waals surface area contributed by atoms with E-state index < -0.39 is 0 Å². The summed E-state index contributed by atoms with van der Waals surface area (Å²) in [5, 5.41) is 6.01. The van der Waals surface area contributed by atoms with E-state index >= 15 is 0 Å². The Labute approximate surface area is 153 Å². The lowest BCUT2D eigenvalue weighted by Crippen LogP contribution is -2.09. The summed E-state index contributed by atoms with van der Waals surface area (Å²) in [7, 11) is 1.69. The predicted octanol–water partition coefficient (Wildman–Crippen LogP) is 4.49. The van der Waals surface area contributed by atoms with Crippen molar-refractivity contribution in [3.8, 4) is 5.75 Å². The van der Waals surface area contributed by atoms with E-state index in [0.717, 1.165) is 17.9 Å². The number of nitrogens with zero attached hydrogens (tertiary/aromatic N) is 1. The number of aryl methyl sites for hydroxylation is 2. The van der Waals surface area contributed by atoms with Crippen molar-refractivity contribution in [3.63, 3.8) is 0 Å². The van der Waals surface area contributed by atoms with Crippen molar-refractivity contribution in [1.82, 2.24) is 10.4 Å². The molecule has 0 saturated carbocycles. The van der Waals surface area contributed by atoms with Gasteiger partial charge in [-0.25, -0.2) is 0 Å². The normalized spacial score (nSPS) is 19.1. The molecule has 1 atom stereocenters. The summed E-state index contributed by atoms with van der Waals surface area (Å²) in [6.45, 7) is 0. The van der Waals surface area contributed by atoms with E-state index in [1.54, 1.807) is 7.11 Å². The zero-order chi connectivity index (χ0) is 17.5. The zero-order valence-corrected chi connectivity index (χ0v) is 15.0. The average molecular weight is 345 g/mol. The molecule has 0 fully saturated rings. The molecular weight excluding hydrogens is 322 g/mol. The van der Waals surface area contributed by atoms with Gasteiger partial charge in [0.15, 0.2) is 0 Å². The van der Waals surface area contributed by atoms with Crippen LogP contribution in [0.15, 0.2) is 47.6 Å². The first kappa shape index (κ1) is 15.5. The lowest BCUT2D eigenvalue weighted by Gasteiger charge is -2.11. The third kappa shape index (κ3) is 2.57. The highest BCUT2D eigenvalue weighted by molar-refractivity contribution is 6.04. The van der Waals surface area contributed by atoms with Crippen LogP contribution in [0, 0.1) is 0 Å². The van der Waals surface area contributed by atoms with Gasteiger partial charge in [-0.15, -0.1) is 0 Å². The predicted molar refractivity (Wildman–Crippen MR) is 105 cm³/mol. The fraction of sp³-hybridized carbons (Fsp3) is 0.318. The molecule has 26 heavy (non-hydrogen) atoms. The Morgan fingerprint density at radius 3 is 2.73 bits per heavy atom. The number of H-pyrrole nitrogens is 1. The van der Waals surface area contributed by atoms with E-state index in [4.69, 9.17) is 4.74 Å². The Hall–Kier alpha value is -2.75. The molecule has 4 heteroatoms. The van der Waals surface area contributed by atoms with Crippen LogP contribution >= 0.6 is 0 Å². The van der Waals surface area contributed by atoms with Gasteiger partial charge in [-0.1, -0.05) is 24.3 Å². The monoisotopic (exact) mass is 345 g/mol. The molecule has 0 saturated heterocycles. The minimum absolute atomic E-state index is 0.225. The molecule has 0 amide bonds. The maximum absolute atomic E-state index is 5.25. The standard InChI is InChI=1S/C22H23N3O/c1-26-16-9-6-14(7-10-16)20-13-21(25-24-20)15-8-11-18-17-4-2-3-5-19(17)23-22(18)12-15/h6-12,20,23-24H,2-5,13H2,1H3. The molecule has 2 heterocycles. The van der Waals surface area contributed by atoms with Crippen molar-refractivity contribution >= 4 is 16.6 Å². The first-order valence-electron chi connectivity index (χ1n) is 9.42. The molecule has 0 radical (unpaired) electrons. The highest BCUT2D eigenvalue weighted by atomic mass is 16.5. The number of hydrazone groups is 1. The number of hydrogen-bond acceptors (Lipinski definition) is 3. The van der Waals surface area contributed by atoms with Gasteiger partial charge in [-0.2, -0.15) is 5.10 Å². The van der Waals surface area contributed by atoms with Gasteiger partial charge in [-0.3, -0.25) is 0 Å². The van der Waals surface area contributed by atoms with Gasteiger partial charge >= 0.3 is 0 Å². The fourth-order valence-electron chi connectivity index (χ4n) is 4.24. The maximum Gasteiger partial charge on any atom is 0.118 e. The smallest absolute Gasteiger partial charge is 0.118 e. The molecule has 5 rings (SSSR count). The summed E-state index contributed by atoms with van der Waals surface area (Å²) in [6.07, 6.45) is 5.89. The van der Waals surface area contributed by atoms with E-state index in [0.29, 0.717) is 0 Å². The molecule has 2 N–H and O–H groups in total. The van der Waals surface area contributed by atoms with Crippen LogP contribution in [-0.2, 0) is 12.8 Å². The van der Waals surface area contributed by atoms with E-state index in [2.05, 4.69) is 45.8 Å². The molecule has 3 aromatic rings. The van der Waals surface area contributed by atoms with Crippen LogP contribution in [0.25, 0.3) is 10.9 Å². The summed E-state index contributed by atoms with van der Waals surface area (Å²) in [4.78, 5) is 3.65. The minimum Gasteiger partial charge on any atom is -0.497 e. The molecule has 2 aromatic carbocycles. The molecule has 0 spiro atoms. The number of benzene rings is 2. The van der Waals surface area contributed by atoms with E-state index in [1.807, 2.05) is 12.1 Å². The van der Waals surface area contributed by atoms with Crippen LogP contribution in [0.2, 0.25) is 0 Å². The van der Waals surface area contributed by atoms with Crippen LogP contribution in [-0.4, -0.2) is 17.8 Å². The van der Waals surface area contributed by atoms with Crippen LogP contribution in [0.1, 0.15) is 47.7 Å². The third-order valence-corrected chi connectivity index (χ3v) is 5.70. The maximum atomic E-state index is 5.25. The lowest BCUT2D eigenvalue weighted by atomic mass is 9.94. The van der Waals surface area contributed by atoms with Crippen molar-refractivity contribution in [2.24, 2.45) is 5.10 Å². The Bertz CT molecular complexity index is 985. The fourth-order valence-corrected chi connectivity index (χ4v) is 4.24. The second-order valence-corrected chi connectivity index (χ2v) is 7.27. The summed E-state index contributed by atoms with van der Waals surface area (Å²) in [5.41, 5.74) is 11.1. The number of hydrogen-bond donors (Lipinski definition) is 2. The van der Waals surface area contributed by atoms with Crippen LogP contribution < -0.4 is 10.2 Å². The Balaban J connectivity index is 1.40. The quantitative estimate of drug-likeness (QED) is 0.734. The van der Waals surface area contributed by atoms with Gasteiger partial charge in [0, 0.05) is 23.0 Å². The highest BCUT2D eigenvalue weighted by Crippen LogP contribution is 2.31. The summed E-state index contributed by atoms with van der Waals surface area (Å²) >= 11 is 0. The summed E-state index contributed by atoms with van der Waals surface area (Å²) in [6, 6.07) is 15.2. The molecule has 2 aliphatic rings. The van der Waals surface area contributed by atoms with Gasteiger partial charge in [0.25, 0.3) is 0 Å². The number of rotatable bonds is 3. The third-order valence-electron chi connectivity index (χ3n) is 5.70. The molecule has 1 aliphatic heterocycles. The molecule has 1 aromatic heterocycles. The number of nitrogens with one attached hydrogen (secondary N) is 2. The molecule has 1 aliphatic carbocycles. The van der Waals surface area contributed by atoms with Crippen molar-refractivity contribution in [2.45, 2.75) is 38.1 Å². The van der Waals surface area contributed by atoms with Crippen LogP contribution in [0.3, 0.4) is 0 Å². The largest absolute Gasteiger partial charge is 0.497 e. The topological polar surface area (TPSA) is 49.4 Å². The SMILES string of the molecule is COc1ccc(C2CC(c3ccc4c5c([nH]c4c3)CCCC5)=NN2)cc1.